The molecule has 3 aromatic carbocycles. The molecular weight excluding hydrogens is 442 g/mol. The molecule has 4 rings (SSSR count). The van der Waals surface area contributed by atoms with Gasteiger partial charge in [0, 0.05) is 5.69 Å². The van der Waals surface area contributed by atoms with Gasteiger partial charge in [-0.15, -0.1) is 0 Å². The fourth-order valence-corrected chi connectivity index (χ4v) is 4.83. The molecule has 4 aromatic rings. The number of rotatable bonds is 7. The number of hydrogen-bond acceptors (Lipinski definition) is 4. The van der Waals surface area contributed by atoms with Crippen molar-refractivity contribution in [2.24, 2.45) is 0 Å². The van der Waals surface area contributed by atoms with E-state index in [0.717, 1.165) is 22.5 Å². The third-order valence-corrected chi connectivity index (χ3v) is 6.67. The van der Waals surface area contributed by atoms with E-state index in [2.05, 4.69) is 45.1 Å². The van der Waals surface area contributed by atoms with Crippen LogP contribution in [-0.4, -0.2) is 21.2 Å². The molecule has 6 heteroatoms. The van der Waals surface area contributed by atoms with Crippen molar-refractivity contribution in [2.75, 3.05) is 11.1 Å². The maximum Gasteiger partial charge on any atom is 0.266 e. The van der Waals surface area contributed by atoms with Crippen LogP contribution >= 0.6 is 11.8 Å². The zero-order valence-corrected chi connectivity index (χ0v) is 20.7. The number of benzene rings is 3. The van der Waals surface area contributed by atoms with Crippen molar-refractivity contribution in [2.45, 2.75) is 44.7 Å². The third kappa shape index (κ3) is 4.92. The Morgan fingerprint density at radius 2 is 1.50 bits per heavy atom. The molecule has 5 nitrogen and oxygen atoms in total. The van der Waals surface area contributed by atoms with Crippen molar-refractivity contribution in [3.05, 3.63) is 94.3 Å². The van der Waals surface area contributed by atoms with Crippen LogP contribution in [0.25, 0.3) is 16.6 Å². The van der Waals surface area contributed by atoms with Crippen molar-refractivity contribution in [3.63, 3.8) is 0 Å². The Kier molecular flexibility index (Phi) is 7.17. The predicted molar refractivity (Wildman–Crippen MR) is 141 cm³/mol. The van der Waals surface area contributed by atoms with Gasteiger partial charge in [0.1, 0.15) is 0 Å². The molecule has 0 saturated heterocycles. The number of anilines is 1. The number of fused-ring (bicyclic) bond motifs is 1. The maximum absolute atomic E-state index is 13.3. The van der Waals surface area contributed by atoms with E-state index >= 15 is 0 Å². The number of hydrogen-bond donors (Lipinski definition) is 1. The summed E-state index contributed by atoms with van der Waals surface area (Å²) in [6.45, 7) is 8.51. The minimum atomic E-state index is -0.146. The first-order valence-electron chi connectivity index (χ1n) is 11.5. The van der Waals surface area contributed by atoms with Crippen molar-refractivity contribution in [1.82, 2.24) is 9.55 Å². The highest BCUT2D eigenvalue weighted by Crippen LogP contribution is 2.32. The number of nitrogens with one attached hydrogen (secondary N) is 1. The topological polar surface area (TPSA) is 64.0 Å². The van der Waals surface area contributed by atoms with E-state index in [4.69, 9.17) is 4.98 Å². The van der Waals surface area contributed by atoms with E-state index in [1.807, 2.05) is 54.6 Å². The average Bonchev–Trinajstić information content (AvgIpc) is 2.83. The smallest absolute Gasteiger partial charge is 0.266 e. The molecule has 0 atom stereocenters. The van der Waals surface area contributed by atoms with Gasteiger partial charge in [-0.2, -0.15) is 0 Å². The Balaban J connectivity index is 1.66. The van der Waals surface area contributed by atoms with Crippen LogP contribution in [0.5, 0.6) is 0 Å². The lowest BCUT2D eigenvalue weighted by Gasteiger charge is -2.20. The van der Waals surface area contributed by atoms with Crippen LogP contribution in [0, 0.1) is 0 Å². The molecule has 1 aromatic heterocycles. The van der Waals surface area contributed by atoms with E-state index < -0.39 is 0 Å². The highest BCUT2D eigenvalue weighted by molar-refractivity contribution is 7.99. The minimum Gasteiger partial charge on any atom is -0.325 e. The molecule has 0 aliphatic rings. The molecule has 0 radical (unpaired) electrons. The van der Waals surface area contributed by atoms with Crippen LogP contribution in [0.15, 0.2) is 82.7 Å². The highest BCUT2D eigenvalue weighted by atomic mass is 32.2. The van der Waals surface area contributed by atoms with E-state index in [-0.39, 0.29) is 29.1 Å². The van der Waals surface area contributed by atoms with Gasteiger partial charge in [-0.1, -0.05) is 88.0 Å². The zero-order chi connectivity index (χ0) is 24.2. The molecule has 0 aliphatic heterocycles. The molecule has 0 saturated carbocycles. The van der Waals surface area contributed by atoms with E-state index in [1.165, 1.54) is 11.8 Å². The Morgan fingerprint density at radius 1 is 0.882 bits per heavy atom. The van der Waals surface area contributed by atoms with Crippen LogP contribution in [0.4, 0.5) is 5.69 Å². The second kappa shape index (κ2) is 10.3. The standard InChI is InChI=1S/C28H29N3O2S/c1-18(2)21-14-10-15-22(19(3)4)26(21)30-25(32)17-34-28-29-24-16-9-8-13-23(24)27(33)31(28)20-11-6-5-7-12-20/h5-16,18-19H,17H2,1-4H3,(H,30,32). The van der Waals surface area contributed by atoms with Gasteiger partial charge in [0.2, 0.25) is 5.91 Å². The summed E-state index contributed by atoms with van der Waals surface area (Å²) in [7, 11) is 0. The number of aromatic nitrogens is 2. The lowest BCUT2D eigenvalue weighted by Crippen LogP contribution is -2.23. The summed E-state index contributed by atoms with van der Waals surface area (Å²) in [5.74, 6) is 0.586. The van der Waals surface area contributed by atoms with Gasteiger partial charge in [-0.3, -0.25) is 14.2 Å². The van der Waals surface area contributed by atoms with Gasteiger partial charge < -0.3 is 5.32 Å². The van der Waals surface area contributed by atoms with Crippen molar-refractivity contribution < 1.29 is 4.79 Å². The Hall–Kier alpha value is -3.38. The van der Waals surface area contributed by atoms with Gasteiger partial charge in [0.05, 0.1) is 22.3 Å². The van der Waals surface area contributed by atoms with Crippen LogP contribution in [0.2, 0.25) is 0 Å². The van der Waals surface area contributed by atoms with Gasteiger partial charge >= 0.3 is 0 Å². The summed E-state index contributed by atoms with van der Waals surface area (Å²) < 4.78 is 1.59. The monoisotopic (exact) mass is 471 g/mol. The number of nitrogens with zero attached hydrogens (tertiary/aromatic N) is 2. The second-order valence-corrected chi connectivity index (χ2v) is 9.79. The molecule has 0 unspecified atom stereocenters. The fraction of sp³-hybridized carbons (Fsp3) is 0.250. The van der Waals surface area contributed by atoms with E-state index in [9.17, 15) is 9.59 Å². The lowest BCUT2D eigenvalue weighted by atomic mass is 9.92. The Labute approximate surface area is 204 Å². The summed E-state index contributed by atoms with van der Waals surface area (Å²) in [5, 5.41) is 4.19. The van der Waals surface area contributed by atoms with Crippen LogP contribution < -0.4 is 10.9 Å². The normalized spacial score (nSPS) is 11.4. The highest BCUT2D eigenvalue weighted by Gasteiger charge is 2.18. The van der Waals surface area contributed by atoms with Gasteiger partial charge in [-0.25, -0.2) is 4.98 Å². The zero-order valence-electron chi connectivity index (χ0n) is 19.9. The first kappa shape index (κ1) is 23.8. The predicted octanol–water partition coefficient (Wildman–Crippen LogP) is 6.36. The number of amides is 1. The number of thioether (sulfide) groups is 1. The molecule has 0 aliphatic carbocycles. The molecule has 0 spiro atoms. The largest absolute Gasteiger partial charge is 0.325 e. The lowest BCUT2D eigenvalue weighted by molar-refractivity contribution is -0.113. The molecule has 174 valence electrons. The average molecular weight is 472 g/mol. The molecule has 34 heavy (non-hydrogen) atoms. The van der Waals surface area contributed by atoms with Crippen molar-refractivity contribution >= 4 is 34.3 Å². The minimum absolute atomic E-state index is 0.123. The quantitative estimate of drug-likeness (QED) is 0.251. The molecule has 0 bridgehead atoms. The summed E-state index contributed by atoms with van der Waals surface area (Å²) in [4.78, 5) is 31.1. The molecule has 1 amide bonds. The second-order valence-electron chi connectivity index (χ2n) is 8.85. The van der Waals surface area contributed by atoms with Gasteiger partial charge in [-0.05, 0) is 47.2 Å². The van der Waals surface area contributed by atoms with Crippen LogP contribution in [-0.2, 0) is 4.79 Å². The molecule has 1 heterocycles. The van der Waals surface area contributed by atoms with Crippen LogP contribution in [0.3, 0.4) is 0 Å². The Morgan fingerprint density at radius 3 is 2.15 bits per heavy atom. The van der Waals surface area contributed by atoms with Crippen molar-refractivity contribution in [3.8, 4) is 5.69 Å². The van der Waals surface area contributed by atoms with Crippen molar-refractivity contribution in [1.29, 1.82) is 0 Å². The first-order chi connectivity index (χ1) is 16.4. The van der Waals surface area contributed by atoms with Crippen LogP contribution in [0.1, 0.15) is 50.7 Å². The summed E-state index contributed by atoms with van der Waals surface area (Å²) >= 11 is 1.27. The molecular formula is C28H29N3O2S. The first-order valence-corrected chi connectivity index (χ1v) is 12.5. The van der Waals surface area contributed by atoms with E-state index in [0.29, 0.717) is 16.1 Å². The summed E-state index contributed by atoms with van der Waals surface area (Å²) in [5.41, 5.74) is 4.33. The fourth-order valence-electron chi connectivity index (χ4n) is 4.01. The number of carbonyl (C=O) groups is 1. The van der Waals surface area contributed by atoms with Gasteiger partial charge in [0.25, 0.3) is 5.56 Å². The molecule has 0 fully saturated rings. The third-order valence-electron chi connectivity index (χ3n) is 5.73. The van der Waals surface area contributed by atoms with E-state index in [1.54, 1.807) is 10.6 Å². The summed E-state index contributed by atoms with van der Waals surface area (Å²) in [6, 6.07) is 22.9. The van der Waals surface area contributed by atoms with Gasteiger partial charge in [0.15, 0.2) is 5.16 Å². The molecule has 1 N–H and O–H groups in total. The maximum atomic E-state index is 13.3. The summed E-state index contributed by atoms with van der Waals surface area (Å²) in [6.07, 6.45) is 0. The number of para-hydroxylation sites is 3. The number of carbonyl (C=O) groups excluding carboxylic acids is 1. The SMILES string of the molecule is CC(C)c1cccc(C(C)C)c1NC(=O)CSc1nc2ccccc2c(=O)n1-c1ccccc1. The Bertz CT molecular complexity index is 1350.